The Balaban J connectivity index is 2.05. The summed E-state index contributed by atoms with van der Waals surface area (Å²) in [5, 5.41) is 3.08. The Bertz CT molecular complexity index is 454. The van der Waals surface area contributed by atoms with Crippen LogP contribution in [-0.4, -0.2) is 33.4 Å². The Kier molecular flexibility index (Phi) is 5.53. The number of rotatable bonds is 8. The molecule has 5 heteroatoms. The molecule has 3 nitrogen and oxygen atoms in total. The van der Waals surface area contributed by atoms with E-state index in [0.717, 1.165) is 12.8 Å². The van der Waals surface area contributed by atoms with Gasteiger partial charge in [0.05, 0.1) is 6.61 Å². The Morgan fingerprint density at radius 2 is 1.95 bits per heavy atom. The lowest BCUT2D eigenvalue weighted by Gasteiger charge is -2.28. The molecule has 0 amide bonds. The third-order valence-electron chi connectivity index (χ3n) is 4.16. The van der Waals surface area contributed by atoms with Crippen LogP contribution in [0.25, 0.3) is 0 Å². The van der Waals surface area contributed by atoms with Gasteiger partial charge in [0.2, 0.25) is 0 Å². The van der Waals surface area contributed by atoms with Crippen molar-refractivity contribution < 1.29 is 13.5 Å². The van der Waals surface area contributed by atoms with Crippen molar-refractivity contribution in [2.75, 3.05) is 32.2 Å². The van der Waals surface area contributed by atoms with Crippen LogP contribution in [0.1, 0.15) is 25.3 Å². The van der Waals surface area contributed by atoms with E-state index in [4.69, 9.17) is 4.74 Å². The summed E-state index contributed by atoms with van der Waals surface area (Å²) in [4.78, 5) is 1.73. The van der Waals surface area contributed by atoms with Gasteiger partial charge in [-0.15, -0.1) is 0 Å². The van der Waals surface area contributed by atoms with Gasteiger partial charge in [0, 0.05) is 33.3 Å². The molecule has 21 heavy (non-hydrogen) atoms. The van der Waals surface area contributed by atoms with E-state index in [9.17, 15) is 8.78 Å². The molecule has 2 rings (SSSR count). The predicted octanol–water partition coefficient (Wildman–Crippen LogP) is 2.94. The number of nitrogens with zero attached hydrogens (tertiary/aromatic N) is 1. The Morgan fingerprint density at radius 3 is 2.48 bits per heavy atom. The minimum Gasteiger partial charge on any atom is -0.383 e. The van der Waals surface area contributed by atoms with Gasteiger partial charge in [-0.2, -0.15) is 0 Å². The van der Waals surface area contributed by atoms with Crippen LogP contribution in [0.3, 0.4) is 0 Å². The minimum atomic E-state index is -0.492. The van der Waals surface area contributed by atoms with Crippen molar-refractivity contribution in [2.24, 2.45) is 5.92 Å². The molecule has 1 aliphatic rings. The number of hydrogen-bond acceptors (Lipinski definition) is 3. The summed E-state index contributed by atoms with van der Waals surface area (Å²) < 4.78 is 33.4. The van der Waals surface area contributed by atoms with E-state index in [-0.39, 0.29) is 11.7 Å². The van der Waals surface area contributed by atoms with Crippen molar-refractivity contribution in [3.63, 3.8) is 0 Å². The molecule has 1 N–H and O–H groups in total. The van der Waals surface area contributed by atoms with Crippen LogP contribution < -0.4 is 10.2 Å². The molecule has 0 spiro atoms. The molecule has 1 atom stereocenters. The molecule has 0 saturated heterocycles. The second kappa shape index (κ2) is 7.18. The first-order chi connectivity index (χ1) is 10.0. The van der Waals surface area contributed by atoms with E-state index >= 15 is 0 Å². The lowest BCUT2D eigenvalue weighted by molar-refractivity contribution is 0.199. The predicted molar refractivity (Wildman–Crippen MR) is 80.5 cm³/mol. The van der Waals surface area contributed by atoms with E-state index in [1.165, 1.54) is 12.1 Å². The zero-order valence-corrected chi connectivity index (χ0v) is 13.0. The molecule has 0 heterocycles. The fourth-order valence-corrected chi connectivity index (χ4v) is 2.56. The van der Waals surface area contributed by atoms with Crippen LogP contribution >= 0.6 is 0 Å². The molecular weight excluding hydrogens is 274 g/mol. The number of anilines is 1. The fraction of sp³-hybridized carbons (Fsp3) is 0.625. The van der Waals surface area contributed by atoms with Gasteiger partial charge in [0.1, 0.15) is 17.3 Å². The Morgan fingerprint density at radius 1 is 1.33 bits per heavy atom. The van der Waals surface area contributed by atoms with Crippen molar-refractivity contribution >= 4 is 5.69 Å². The van der Waals surface area contributed by atoms with Gasteiger partial charge in [0.15, 0.2) is 0 Å². The highest BCUT2D eigenvalue weighted by Crippen LogP contribution is 2.37. The summed E-state index contributed by atoms with van der Waals surface area (Å²) in [6.07, 6.45) is 2.30. The number of ether oxygens (including phenoxy) is 1. The van der Waals surface area contributed by atoms with Crippen molar-refractivity contribution in [3.05, 3.63) is 29.3 Å². The van der Waals surface area contributed by atoms with Crippen LogP contribution in [0.4, 0.5) is 14.5 Å². The van der Waals surface area contributed by atoms with E-state index < -0.39 is 11.6 Å². The van der Waals surface area contributed by atoms with Crippen molar-refractivity contribution in [1.82, 2.24) is 5.32 Å². The normalized spacial score (nSPS) is 16.0. The second-order valence-electron chi connectivity index (χ2n) is 5.77. The lowest BCUT2D eigenvalue weighted by atomic mass is 10.1. The monoisotopic (exact) mass is 298 g/mol. The van der Waals surface area contributed by atoms with E-state index in [0.29, 0.717) is 31.2 Å². The topological polar surface area (TPSA) is 24.5 Å². The Hall–Kier alpha value is -1.20. The van der Waals surface area contributed by atoms with Crippen LogP contribution in [0.15, 0.2) is 12.1 Å². The van der Waals surface area contributed by atoms with Crippen molar-refractivity contribution in [1.29, 1.82) is 0 Å². The van der Waals surface area contributed by atoms with Gasteiger partial charge < -0.3 is 15.0 Å². The molecule has 0 radical (unpaired) electrons. The zero-order valence-electron chi connectivity index (χ0n) is 13.0. The smallest absolute Gasteiger partial charge is 0.149 e. The van der Waals surface area contributed by atoms with Gasteiger partial charge in [0.25, 0.3) is 0 Å². The quantitative estimate of drug-likeness (QED) is 0.747. The molecule has 0 bridgehead atoms. The highest BCUT2D eigenvalue weighted by atomic mass is 19.1. The summed E-state index contributed by atoms with van der Waals surface area (Å²) in [5.41, 5.74) is 0.687. The molecule has 1 aromatic rings. The molecule has 0 aliphatic heterocycles. The molecule has 1 saturated carbocycles. The van der Waals surface area contributed by atoms with Gasteiger partial charge in [-0.05, 0) is 43.4 Å². The standard InChI is InChI=1S/C16H24F2N2O/c1-11(13-4-5-13)20(2)16-14(17)8-12(9-15(16)18)10-19-6-7-21-3/h8-9,11,13,19H,4-7,10H2,1-3H3. The maximum absolute atomic E-state index is 14.2. The van der Waals surface area contributed by atoms with Crippen molar-refractivity contribution in [3.8, 4) is 0 Å². The number of nitrogens with one attached hydrogen (secondary N) is 1. The molecule has 1 fully saturated rings. The van der Waals surface area contributed by atoms with Gasteiger partial charge in [-0.3, -0.25) is 0 Å². The number of benzene rings is 1. The summed E-state index contributed by atoms with van der Waals surface area (Å²) in [6, 6.07) is 2.99. The second-order valence-corrected chi connectivity index (χ2v) is 5.77. The largest absolute Gasteiger partial charge is 0.383 e. The number of halogens is 2. The fourth-order valence-electron chi connectivity index (χ4n) is 2.56. The zero-order chi connectivity index (χ0) is 15.4. The highest BCUT2D eigenvalue weighted by Gasteiger charge is 2.32. The molecular formula is C16H24F2N2O. The van der Waals surface area contributed by atoms with Crippen LogP contribution in [0.2, 0.25) is 0 Å². The highest BCUT2D eigenvalue weighted by molar-refractivity contribution is 5.51. The van der Waals surface area contributed by atoms with E-state index in [2.05, 4.69) is 5.32 Å². The van der Waals surface area contributed by atoms with Crippen LogP contribution in [0, 0.1) is 17.6 Å². The summed E-state index contributed by atoms with van der Waals surface area (Å²) in [7, 11) is 3.38. The Labute approximate surface area is 125 Å². The van der Waals surface area contributed by atoms with Gasteiger partial charge in [-0.1, -0.05) is 0 Å². The maximum atomic E-state index is 14.2. The van der Waals surface area contributed by atoms with Crippen molar-refractivity contribution in [2.45, 2.75) is 32.4 Å². The summed E-state index contributed by atoms with van der Waals surface area (Å²) in [6.45, 7) is 3.68. The summed E-state index contributed by atoms with van der Waals surface area (Å²) >= 11 is 0. The average molecular weight is 298 g/mol. The summed E-state index contributed by atoms with van der Waals surface area (Å²) in [5.74, 6) is -0.425. The third-order valence-corrected chi connectivity index (χ3v) is 4.16. The molecule has 0 aromatic heterocycles. The first kappa shape index (κ1) is 16.2. The third kappa shape index (κ3) is 4.14. The minimum absolute atomic E-state index is 0.0787. The van der Waals surface area contributed by atoms with Crippen LogP contribution in [-0.2, 0) is 11.3 Å². The first-order valence-electron chi connectivity index (χ1n) is 7.45. The lowest BCUT2D eigenvalue weighted by Crippen LogP contribution is -2.32. The van der Waals surface area contributed by atoms with E-state index in [1.807, 2.05) is 6.92 Å². The maximum Gasteiger partial charge on any atom is 0.149 e. The molecule has 118 valence electrons. The average Bonchev–Trinajstić information content (AvgIpc) is 3.26. The molecule has 1 aliphatic carbocycles. The van der Waals surface area contributed by atoms with Gasteiger partial charge >= 0.3 is 0 Å². The van der Waals surface area contributed by atoms with E-state index in [1.54, 1.807) is 19.1 Å². The number of methoxy groups -OCH3 is 1. The number of hydrogen-bond donors (Lipinski definition) is 1. The van der Waals surface area contributed by atoms with Crippen LogP contribution in [0.5, 0.6) is 0 Å². The SMILES string of the molecule is COCCNCc1cc(F)c(N(C)C(C)C2CC2)c(F)c1. The first-order valence-corrected chi connectivity index (χ1v) is 7.45. The van der Waals surface area contributed by atoms with Gasteiger partial charge in [-0.25, -0.2) is 8.78 Å². The molecule has 1 aromatic carbocycles. The molecule has 1 unspecified atom stereocenters.